The molecule has 2 aromatic rings. The summed E-state index contributed by atoms with van der Waals surface area (Å²) in [5.41, 5.74) is -2.63. The number of Topliss-reactive ketones (excluding diaryl/α,β-unsaturated/α-hetero) is 1. The van der Waals surface area contributed by atoms with E-state index in [-0.39, 0.29) is 16.8 Å². The van der Waals surface area contributed by atoms with E-state index in [1.807, 2.05) is 0 Å². The molecule has 0 bridgehead atoms. The van der Waals surface area contributed by atoms with E-state index in [0.29, 0.717) is 11.0 Å². The van der Waals surface area contributed by atoms with Crippen molar-refractivity contribution in [3.05, 3.63) is 95.5 Å². The molecule has 12 heteroatoms. The van der Waals surface area contributed by atoms with Gasteiger partial charge in [0.05, 0.1) is 26.8 Å². The van der Waals surface area contributed by atoms with Crippen LogP contribution in [0.15, 0.2) is 54.0 Å². The second-order valence-electron chi connectivity index (χ2n) is 6.92. The molecule has 0 amide bonds. The number of carbonyl (C=O) groups excluding carboxylic acids is 1. The van der Waals surface area contributed by atoms with E-state index < -0.39 is 55.3 Å². The number of anilines is 1. The molecule has 1 aliphatic heterocycles. The molecule has 1 heterocycles. The van der Waals surface area contributed by atoms with Gasteiger partial charge in [0.2, 0.25) is 0 Å². The Morgan fingerprint density at radius 1 is 1.00 bits per heavy atom. The molecular weight excluding hydrogens is 412 g/mol. The van der Waals surface area contributed by atoms with Gasteiger partial charge in [-0.1, -0.05) is 37.3 Å². The number of fused-ring (bicyclic) bond motifs is 1. The van der Waals surface area contributed by atoms with Crippen LogP contribution in [0.5, 0.6) is 0 Å². The Kier molecular flexibility index (Phi) is 5.39. The molecule has 0 saturated heterocycles. The van der Waals surface area contributed by atoms with Gasteiger partial charge in [-0.2, -0.15) is 0 Å². The molecule has 2 unspecified atom stereocenters. The van der Waals surface area contributed by atoms with Crippen LogP contribution in [0.1, 0.15) is 28.8 Å². The number of ketones is 1. The molecule has 160 valence electrons. The molecule has 31 heavy (non-hydrogen) atoms. The van der Waals surface area contributed by atoms with Gasteiger partial charge in [0, 0.05) is 36.0 Å². The normalized spacial score (nSPS) is 16.5. The molecule has 0 N–H and O–H groups in total. The zero-order valence-corrected chi connectivity index (χ0v) is 16.3. The number of nitro benzene ring substituents is 2. The van der Waals surface area contributed by atoms with Crippen LogP contribution in [0.25, 0.3) is 0 Å². The SMILES string of the molecule is CC(C(=O)c1ccccc1)C1C([N+](=O)[O-])=C([O-])N(C)c2c1cc([N+](=O)[O-])cc2[N+](=O)[O-]. The molecule has 0 fully saturated rings. The van der Waals surface area contributed by atoms with E-state index in [2.05, 4.69) is 0 Å². The standard InChI is InChI=1S/C19H16N4O8/c1-10(18(24)11-6-4-3-5-7-11)15-13-8-12(21(26)27)9-14(22(28)29)16(13)20(2)19(25)17(15)23(30)31/h3-10,15,25H,1-2H3/p-1. The molecule has 0 aromatic heterocycles. The summed E-state index contributed by atoms with van der Waals surface area (Å²) in [6.45, 7) is 1.34. The highest BCUT2D eigenvalue weighted by Crippen LogP contribution is 2.49. The first-order valence-corrected chi connectivity index (χ1v) is 8.91. The maximum atomic E-state index is 13.0. The lowest BCUT2D eigenvalue weighted by Crippen LogP contribution is -2.39. The molecule has 2 atom stereocenters. The summed E-state index contributed by atoms with van der Waals surface area (Å²) in [6, 6.07) is 9.42. The van der Waals surface area contributed by atoms with Crippen molar-refractivity contribution in [2.75, 3.05) is 11.9 Å². The van der Waals surface area contributed by atoms with Gasteiger partial charge in [0.25, 0.3) is 17.1 Å². The summed E-state index contributed by atoms with van der Waals surface area (Å²) < 4.78 is 0. The third kappa shape index (κ3) is 3.54. The van der Waals surface area contributed by atoms with Gasteiger partial charge in [0.15, 0.2) is 5.78 Å². The second-order valence-corrected chi connectivity index (χ2v) is 6.92. The fourth-order valence-corrected chi connectivity index (χ4v) is 3.74. The Morgan fingerprint density at radius 3 is 2.13 bits per heavy atom. The molecule has 0 radical (unpaired) electrons. The van der Waals surface area contributed by atoms with Gasteiger partial charge in [-0.15, -0.1) is 0 Å². The average molecular weight is 427 g/mol. The lowest BCUT2D eigenvalue weighted by Gasteiger charge is -2.37. The maximum Gasteiger partial charge on any atom is 0.300 e. The van der Waals surface area contributed by atoms with Crippen molar-refractivity contribution in [3.8, 4) is 0 Å². The lowest BCUT2D eigenvalue weighted by atomic mass is 9.77. The van der Waals surface area contributed by atoms with Crippen molar-refractivity contribution in [2.45, 2.75) is 12.8 Å². The number of hydrogen-bond donors (Lipinski definition) is 0. The minimum absolute atomic E-state index is 0.202. The van der Waals surface area contributed by atoms with Crippen molar-refractivity contribution >= 4 is 22.8 Å². The summed E-state index contributed by atoms with van der Waals surface area (Å²) in [4.78, 5) is 45.7. The Bertz CT molecular complexity index is 1150. The minimum Gasteiger partial charge on any atom is -0.856 e. The van der Waals surface area contributed by atoms with E-state index >= 15 is 0 Å². The third-order valence-electron chi connectivity index (χ3n) is 5.17. The second kappa shape index (κ2) is 7.82. The van der Waals surface area contributed by atoms with Gasteiger partial charge < -0.3 is 10.0 Å². The van der Waals surface area contributed by atoms with Crippen LogP contribution in [-0.4, -0.2) is 27.6 Å². The highest BCUT2D eigenvalue weighted by Gasteiger charge is 2.45. The molecule has 0 aliphatic carbocycles. The van der Waals surface area contributed by atoms with E-state index in [1.165, 1.54) is 19.1 Å². The quantitative estimate of drug-likeness (QED) is 0.381. The van der Waals surface area contributed by atoms with Crippen molar-refractivity contribution in [3.63, 3.8) is 0 Å². The van der Waals surface area contributed by atoms with Gasteiger partial charge >= 0.3 is 0 Å². The van der Waals surface area contributed by atoms with Crippen LogP contribution in [-0.2, 0) is 0 Å². The fourth-order valence-electron chi connectivity index (χ4n) is 3.74. The third-order valence-corrected chi connectivity index (χ3v) is 5.17. The van der Waals surface area contributed by atoms with Crippen molar-refractivity contribution in [1.29, 1.82) is 0 Å². The zero-order valence-electron chi connectivity index (χ0n) is 16.3. The number of nitro groups is 3. The fraction of sp³-hybridized carbons (Fsp3) is 0.211. The predicted octanol–water partition coefficient (Wildman–Crippen LogP) is 2.36. The molecule has 0 spiro atoms. The summed E-state index contributed by atoms with van der Waals surface area (Å²) in [5, 5.41) is 47.5. The van der Waals surface area contributed by atoms with Crippen molar-refractivity contribution < 1.29 is 24.7 Å². The van der Waals surface area contributed by atoms with E-state index in [4.69, 9.17) is 0 Å². The van der Waals surface area contributed by atoms with Crippen LogP contribution in [0.4, 0.5) is 17.1 Å². The number of nitrogens with zero attached hydrogens (tertiary/aromatic N) is 4. The van der Waals surface area contributed by atoms with Crippen LogP contribution in [0.2, 0.25) is 0 Å². The van der Waals surface area contributed by atoms with Crippen LogP contribution in [0, 0.1) is 36.3 Å². The Morgan fingerprint density at radius 2 is 1.61 bits per heavy atom. The molecule has 2 aromatic carbocycles. The smallest absolute Gasteiger partial charge is 0.300 e. The summed E-state index contributed by atoms with van der Waals surface area (Å²) in [5.74, 6) is -4.42. The number of hydrogen-bond acceptors (Lipinski definition) is 9. The van der Waals surface area contributed by atoms with Gasteiger partial charge in [-0.05, 0) is 0 Å². The Balaban J connectivity index is 2.32. The monoisotopic (exact) mass is 427 g/mol. The number of carbonyl (C=O) groups is 1. The van der Waals surface area contributed by atoms with Crippen molar-refractivity contribution in [2.24, 2.45) is 5.92 Å². The number of allylic oxidation sites excluding steroid dienone is 1. The molecule has 3 rings (SSSR count). The number of non-ortho nitro benzene ring substituents is 1. The van der Waals surface area contributed by atoms with Crippen LogP contribution < -0.4 is 10.0 Å². The molecular formula is C19H15N4O8-. The Labute approximate surface area is 174 Å². The van der Waals surface area contributed by atoms with E-state index in [0.717, 1.165) is 13.1 Å². The van der Waals surface area contributed by atoms with Gasteiger partial charge in [0.1, 0.15) is 5.69 Å². The van der Waals surface area contributed by atoms with Crippen LogP contribution >= 0.6 is 0 Å². The predicted molar refractivity (Wildman–Crippen MR) is 105 cm³/mol. The molecule has 12 nitrogen and oxygen atoms in total. The average Bonchev–Trinajstić information content (AvgIpc) is 2.74. The first kappa shape index (κ1) is 21.4. The Hall–Kier alpha value is -4.35. The number of rotatable bonds is 6. The zero-order chi connectivity index (χ0) is 23.0. The minimum atomic E-state index is -1.53. The molecule has 0 saturated carbocycles. The van der Waals surface area contributed by atoms with Gasteiger partial charge in [-0.3, -0.25) is 35.1 Å². The summed E-state index contributed by atoms with van der Waals surface area (Å²) in [6.07, 6.45) is 0. The molecule has 1 aliphatic rings. The highest BCUT2D eigenvalue weighted by molar-refractivity contribution is 5.99. The van der Waals surface area contributed by atoms with E-state index in [9.17, 15) is 40.2 Å². The first-order valence-electron chi connectivity index (χ1n) is 8.91. The highest BCUT2D eigenvalue weighted by atomic mass is 16.6. The topological polar surface area (TPSA) is 173 Å². The van der Waals surface area contributed by atoms with Gasteiger partial charge in [-0.25, -0.2) is 0 Å². The maximum absolute atomic E-state index is 13.0. The summed E-state index contributed by atoms with van der Waals surface area (Å²) >= 11 is 0. The van der Waals surface area contributed by atoms with Crippen molar-refractivity contribution in [1.82, 2.24) is 0 Å². The van der Waals surface area contributed by atoms with Crippen LogP contribution in [0.3, 0.4) is 0 Å². The van der Waals surface area contributed by atoms with E-state index in [1.54, 1.807) is 18.2 Å². The largest absolute Gasteiger partial charge is 0.856 e. The summed E-state index contributed by atoms with van der Waals surface area (Å²) in [7, 11) is 1.10. The lowest BCUT2D eigenvalue weighted by molar-refractivity contribution is -0.449. The first-order chi connectivity index (χ1) is 14.6. The number of benzene rings is 2.